The largest absolute Gasteiger partial charge is 0.317 e. The highest BCUT2D eigenvalue weighted by atomic mass is 79.9. The molecule has 1 aliphatic rings. The Morgan fingerprint density at radius 1 is 1.67 bits per heavy atom. The fourth-order valence-electron chi connectivity index (χ4n) is 1.73. The minimum atomic E-state index is 0.694. The first-order chi connectivity index (χ1) is 5.79. The van der Waals surface area contributed by atoms with E-state index >= 15 is 0 Å². The maximum absolute atomic E-state index is 3.53. The lowest BCUT2D eigenvalue weighted by Gasteiger charge is -2.20. The first-order valence-electron chi connectivity index (χ1n) is 4.24. The predicted molar refractivity (Wildman–Crippen MR) is 56.9 cm³/mol. The van der Waals surface area contributed by atoms with Gasteiger partial charge in [0.15, 0.2) is 0 Å². The standard InChI is InChI=1S/C9H12BrNS/c1-11-7-2-3-8-6(4-7)5-9(10)12-8/h5,7,11H,2-4H2,1H3. The lowest BCUT2D eigenvalue weighted by molar-refractivity contribution is 0.500. The molecule has 0 saturated carbocycles. The third-order valence-electron chi connectivity index (χ3n) is 2.46. The van der Waals surface area contributed by atoms with Gasteiger partial charge < -0.3 is 5.32 Å². The molecule has 1 aromatic rings. The minimum Gasteiger partial charge on any atom is -0.317 e. The summed E-state index contributed by atoms with van der Waals surface area (Å²) >= 11 is 5.42. The van der Waals surface area contributed by atoms with E-state index in [0.29, 0.717) is 6.04 Å². The normalized spacial score (nSPS) is 22.3. The minimum absolute atomic E-state index is 0.694. The van der Waals surface area contributed by atoms with Gasteiger partial charge in [0.05, 0.1) is 3.79 Å². The third-order valence-corrected chi connectivity index (χ3v) is 4.20. The van der Waals surface area contributed by atoms with Gasteiger partial charge in [0.1, 0.15) is 0 Å². The second-order valence-corrected chi connectivity index (χ2v) is 5.74. The molecule has 1 heterocycles. The van der Waals surface area contributed by atoms with E-state index in [0.717, 1.165) is 0 Å². The molecule has 1 aromatic heterocycles. The summed E-state index contributed by atoms with van der Waals surface area (Å²) in [5, 5.41) is 3.34. The highest BCUT2D eigenvalue weighted by Gasteiger charge is 2.18. The first-order valence-corrected chi connectivity index (χ1v) is 5.85. The molecule has 0 spiro atoms. The van der Waals surface area contributed by atoms with E-state index in [2.05, 4.69) is 34.4 Å². The molecule has 0 radical (unpaired) electrons. The molecule has 0 bridgehead atoms. The van der Waals surface area contributed by atoms with Gasteiger partial charge in [-0.3, -0.25) is 0 Å². The van der Waals surface area contributed by atoms with Crippen molar-refractivity contribution in [2.24, 2.45) is 0 Å². The zero-order chi connectivity index (χ0) is 8.55. The Hall–Kier alpha value is 0.140. The Morgan fingerprint density at radius 2 is 2.50 bits per heavy atom. The molecular formula is C9H12BrNS. The summed E-state index contributed by atoms with van der Waals surface area (Å²) in [5.74, 6) is 0. The molecule has 1 nitrogen and oxygen atoms in total. The number of hydrogen-bond acceptors (Lipinski definition) is 2. The van der Waals surface area contributed by atoms with Crippen molar-refractivity contribution in [3.8, 4) is 0 Å². The molecule has 66 valence electrons. The smallest absolute Gasteiger partial charge is 0.0704 e. The van der Waals surface area contributed by atoms with E-state index in [4.69, 9.17) is 0 Å². The van der Waals surface area contributed by atoms with Gasteiger partial charge in [0.2, 0.25) is 0 Å². The van der Waals surface area contributed by atoms with Crippen LogP contribution in [0.1, 0.15) is 16.9 Å². The molecule has 3 heteroatoms. The van der Waals surface area contributed by atoms with Crippen molar-refractivity contribution in [1.29, 1.82) is 0 Å². The van der Waals surface area contributed by atoms with E-state index < -0.39 is 0 Å². The number of halogens is 1. The average Bonchev–Trinajstić information content (AvgIpc) is 2.43. The average molecular weight is 246 g/mol. The molecule has 0 saturated heterocycles. The Kier molecular flexibility index (Phi) is 2.53. The zero-order valence-electron chi connectivity index (χ0n) is 7.06. The topological polar surface area (TPSA) is 12.0 Å². The number of fused-ring (bicyclic) bond motifs is 1. The van der Waals surface area contributed by atoms with Gasteiger partial charge in [0, 0.05) is 10.9 Å². The van der Waals surface area contributed by atoms with Crippen LogP contribution in [-0.2, 0) is 12.8 Å². The summed E-state index contributed by atoms with van der Waals surface area (Å²) in [6, 6.07) is 2.96. The van der Waals surface area contributed by atoms with E-state index in [1.165, 1.54) is 28.6 Å². The fourth-order valence-corrected chi connectivity index (χ4v) is 3.53. The molecule has 0 amide bonds. The van der Waals surface area contributed by atoms with Gasteiger partial charge >= 0.3 is 0 Å². The number of nitrogens with one attached hydrogen (secondary N) is 1. The Balaban J connectivity index is 2.22. The fraction of sp³-hybridized carbons (Fsp3) is 0.556. The maximum atomic E-state index is 3.53. The summed E-state index contributed by atoms with van der Waals surface area (Å²) < 4.78 is 1.28. The van der Waals surface area contributed by atoms with Crippen molar-refractivity contribution in [3.05, 3.63) is 20.3 Å². The number of hydrogen-bond donors (Lipinski definition) is 1. The van der Waals surface area contributed by atoms with Gasteiger partial charge in [0.25, 0.3) is 0 Å². The lowest BCUT2D eigenvalue weighted by atomic mass is 9.95. The van der Waals surface area contributed by atoms with E-state index in [9.17, 15) is 0 Å². The highest BCUT2D eigenvalue weighted by molar-refractivity contribution is 9.11. The van der Waals surface area contributed by atoms with Crippen molar-refractivity contribution < 1.29 is 0 Å². The second kappa shape index (κ2) is 3.48. The Morgan fingerprint density at radius 3 is 3.25 bits per heavy atom. The van der Waals surface area contributed by atoms with Crippen LogP contribution in [0.15, 0.2) is 9.85 Å². The Labute approximate surface area is 85.3 Å². The van der Waals surface area contributed by atoms with Gasteiger partial charge in [-0.25, -0.2) is 0 Å². The highest BCUT2D eigenvalue weighted by Crippen LogP contribution is 2.32. The first kappa shape index (κ1) is 8.73. The van der Waals surface area contributed by atoms with Crippen molar-refractivity contribution in [2.75, 3.05) is 7.05 Å². The number of aryl methyl sites for hydroxylation is 1. The van der Waals surface area contributed by atoms with Crippen LogP contribution in [0.25, 0.3) is 0 Å². The van der Waals surface area contributed by atoms with Gasteiger partial charge in [-0.05, 0) is 53.9 Å². The lowest BCUT2D eigenvalue weighted by Crippen LogP contribution is -2.30. The molecule has 1 N–H and O–H groups in total. The van der Waals surface area contributed by atoms with E-state index in [1.807, 2.05) is 11.3 Å². The quantitative estimate of drug-likeness (QED) is 0.803. The summed E-state index contributed by atoms with van der Waals surface area (Å²) in [6.45, 7) is 0. The van der Waals surface area contributed by atoms with Crippen molar-refractivity contribution in [3.63, 3.8) is 0 Å². The van der Waals surface area contributed by atoms with Crippen LogP contribution >= 0.6 is 27.3 Å². The van der Waals surface area contributed by atoms with Crippen LogP contribution in [-0.4, -0.2) is 13.1 Å². The van der Waals surface area contributed by atoms with Gasteiger partial charge in [-0.1, -0.05) is 0 Å². The zero-order valence-corrected chi connectivity index (χ0v) is 9.46. The Bertz CT molecular complexity index is 282. The van der Waals surface area contributed by atoms with Gasteiger partial charge in [-0.2, -0.15) is 0 Å². The molecule has 0 fully saturated rings. The van der Waals surface area contributed by atoms with Crippen LogP contribution in [0.4, 0.5) is 0 Å². The van der Waals surface area contributed by atoms with Crippen LogP contribution in [0.5, 0.6) is 0 Å². The monoisotopic (exact) mass is 245 g/mol. The number of thiophene rings is 1. The van der Waals surface area contributed by atoms with Crippen molar-refractivity contribution >= 4 is 27.3 Å². The summed E-state index contributed by atoms with van der Waals surface area (Å²) in [5.41, 5.74) is 1.54. The number of likely N-dealkylation sites (N-methyl/N-ethyl adjacent to an activating group) is 1. The van der Waals surface area contributed by atoms with Crippen LogP contribution in [0, 0.1) is 0 Å². The molecule has 12 heavy (non-hydrogen) atoms. The van der Waals surface area contributed by atoms with Crippen LogP contribution in [0.2, 0.25) is 0 Å². The molecule has 2 rings (SSSR count). The predicted octanol–water partition coefficient (Wildman–Crippen LogP) is 2.59. The summed E-state index contributed by atoms with van der Waals surface area (Å²) in [6.07, 6.45) is 3.74. The summed E-state index contributed by atoms with van der Waals surface area (Å²) in [7, 11) is 2.05. The number of rotatable bonds is 1. The van der Waals surface area contributed by atoms with Crippen LogP contribution in [0.3, 0.4) is 0 Å². The van der Waals surface area contributed by atoms with Crippen molar-refractivity contribution in [2.45, 2.75) is 25.3 Å². The molecule has 0 aromatic carbocycles. The van der Waals surface area contributed by atoms with Crippen molar-refractivity contribution in [1.82, 2.24) is 5.32 Å². The second-order valence-electron chi connectivity index (χ2n) is 3.23. The molecule has 1 atom stereocenters. The summed E-state index contributed by atoms with van der Waals surface area (Å²) in [4.78, 5) is 1.58. The molecule has 1 aliphatic carbocycles. The van der Waals surface area contributed by atoms with E-state index in [1.54, 1.807) is 4.88 Å². The van der Waals surface area contributed by atoms with Crippen LogP contribution < -0.4 is 5.32 Å². The molecule has 0 aliphatic heterocycles. The molecular weight excluding hydrogens is 234 g/mol. The van der Waals surface area contributed by atoms with Gasteiger partial charge in [-0.15, -0.1) is 11.3 Å². The molecule has 1 unspecified atom stereocenters. The van der Waals surface area contributed by atoms with E-state index in [-0.39, 0.29) is 0 Å². The third kappa shape index (κ3) is 1.58. The SMILES string of the molecule is CNC1CCc2sc(Br)cc2C1. The maximum Gasteiger partial charge on any atom is 0.0704 e.